The molecule has 0 aliphatic carbocycles. The fourth-order valence-corrected chi connectivity index (χ4v) is 2.03. The Labute approximate surface area is 111 Å². The van der Waals surface area contributed by atoms with Crippen LogP contribution in [0.1, 0.15) is 40.4 Å². The second kappa shape index (κ2) is 6.45. The molecule has 96 valence electrons. The predicted octanol–water partition coefficient (Wildman–Crippen LogP) is 3.57. The van der Waals surface area contributed by atoms with Crippen molar-refractivity contribution in [2.45, 2.75) is 18.7 Å². The van der Waals surface area contributed by atoms with Crippen molar-refractivity contribution in [1.29, 1.82) is 5.26 Å². The maximum Gasteiger partial charge on any atom is 0.339 e. The molecule has 0 heterocycles. The number of carbonyl (C=O) groups is 1. The van der Waals surface area contributed by atoms with E-state index in [9.17, 15) is 13.6 Å². The predicted molar refractivity (Wildman–Crippen MR) is 64.7 cm³/mol. The van der Waals surface area contributed by atoms with Gasteiger partial charge in [-0.2, -0.15) is 5.26 Å². The number of nitriles is 1. The highest BCUT2D eigenvalue weighted by Gasteiger charge is 2.26. The lowest BCUT2D eigenvalue weighted by molar-refractivity contribution is 0.0514. The summed E-state index contributed by atoms with van der Waals surface area (Å²) in [6.07, 6.45) is -2.84. The van der Waals surface area contributed by atoms with Gasteiger partial charge >= 0.3 is 5.97 Å². The molecule has 1 rings (SSSR count). The summed E-state index contributed by atoms with van der Waals surface area (Å²) in [6, 6.07) is 4.47. The second-order valence-corrected chi connectivity index (χ2v) is 3.89. The smallest absolute Gasteiger partial charge is 0.339 e. The van der Waals surface area contributed by atoms with Crippen LogP contribution in [-0.2, 0) is 10.1 Å². The van der Waals surface area contributed by atoms with Crippen molar-refractivity contribution in [2.75, 3.05) is 6.61 Å². The Morgan fingerprint density at radius 1 is 1.56 bits per heavy atom. The van der Waals surface area contributed by atoms with E-state index < -0.39 is 18.0 Å². The minimum Gasteiger partial charge on any atom is -0.462 e. The Hall–Kier alpha value is -1.48. The van der Waals surface area contributed by atoms with E-state index in [4.69, 9.17) is 10.00 Å². The lowest BCUT2D eigenvalue weighted by Gasteiger charge is -2.13. The summed E-state index contributed by atoms with van der Waals surface area (Å²) in [5.41, 5.74) is -0.615. The lowest BCUT2D eigenvalue weighted by atomic mass is 9.97. The van der Waals surface area contributed by atoms with Gasteiger partial charge in [0.25, 0.3) is 6.43 Å². The quantitative estimate of drug-likeness (QED) is 0.630. The average molecular weight is 318 g/mol. The molecule has 0 aliphatic heterocycles. The first-order valence-electron chi connectivity index (χ1n) is 5.13. The van der Waals surface area contributed by atoms with E-state index >= 15 is 0 Å². The molecule has 18 heavy (non-hydrogen) atoms. The number of carbonyl (C=O) groups excluding carboxylic acids is 1. The van der Waals surface area contributed by atoms with Crippen molar-refractivity contribution in [3.05, 3.63) is 34.4 Å². The zero-order chi connectivity index (χ0) is 13.7. The van der Waals surface area contributed by atoms with Gasteiger partial charge in [0.2, 0.25) is 0 Å². The van der Waals surface area contributed by atoms with E-state index in [1.165, 1.54) is 12.1 Å². The van der Waals surface area contributed by atoms with Gasteiger partial charge in [-0.05, 0) is 18.6 Å². The van der Waals surface area contributed by atoms with Gasteiger partial charge in [-0.3, -0.25) is 0 Å². The molecular weight excluding hydrogens is 308 g/mol. The molecule has 0 spiro atoms. The summed E-state index contributed by atoms with van der Waals surface area (Å²) in [7, 11) is 0. The van der Waals surface area contributed by atoms with Gasteiger partial charge in [0.1, 0.15) is 6.07 Å². The zero-order valence-corrected chi connectivity index (χ0v) is 11.1. The van der Waals surface area contributed by atoms with Crippen LogP contribution in [0, 0.1) is 11.3 Å². The van der Waals surface area contributed by atoms with Crippen molar-refractivity contribution in [3.8, 4) is 6.07 Å². The molecule has 0 radical (unpaired) electrons. The lowest BCUT2D eigenvalue weighted by Crippen LogP contribution is -2.13. The molecule has 3 nitrogen and oxygen atoms in total. The molecule has 0 aromatic heterocycles. The third-order valence-electron chi connectivity index (χ3n) is 2.30. The zero-order valence-electron chi connectivity index (χ0n) is 9.54. The van der Waals surface area contributed by atoms with Crippen LogP contribution in [-0.4, -0.2) is 12.6 Å². The van der Waals surface area contributed by atoms with Crippen LogP contribution in [0.15, 0.2) is 12.1 Å². The monoisotopic (exact) mass is 317 g/mol. The summed E-state index contributed by atoms with van der Waals surface area (Å²) in [6.45, 7) is 1.63. The van der Waals surface area contributed by atoms with Crippen LogP contribution in [0.3, 0.4) is 0 Å². The van der Waals surface area contributed by atoms with Gasteiger partial charge < -0.3 is 4.74 Å². The summed E-state index contributed by atoms with van der Waals surface area (Å²) in [5, 5.41) is 9.06. The number of esters is 1. The highest BCUT2D eigenvalue weighted by atomic mass is 79.9. The molecule has 0 bridgehead atoms. The van der Waals surface area contributed by atoms with Crippen molar-refractivity contribution in [3.63, 3.8) is 0 Å². The van der Waals surface area contributed by atoms with Crippen LogP contribution >= 0.6 is 15.9 Å². The Bertz CT molecular complexity index is 498. The Morgan fingerprint density at radius 2 is 2.22 bits per heavy atom. The minimum absolute atomic E-state index is 0.0604. The fourth-order valence-electron chi connectivity index (χ4n) is 1.54. The first-order chi connectivity index (χ1) is 8.56. The van der Waals surface area contributed by atoms with Gasteiger partial charge in [0.15, 0.2) is 0 Å². The van der Waals surface area contributed by atoms with Crippen LogP contribution in [0.5, 0.6) is 0 Å². The fraction of sp³-hybridized carbons (Fsp3) is 0.333. The van der Waals surface area contributed by atoms with Gasteiger partial charge in [-0.15, -0.1) is 0 Å². The number of halogens is 3. The molecule has 0 N–H and O–H groups in total. The maximum absolute atomic E-state index is 13.1. The van der Waals surface area contributed by atoms with Crippen molar-refractivity contribution >= 4 is 21.9 Å². The van der Waals surface area contributed by atoms with Gasteiger partial charge in [-0.1, -0.05) is 22.0 Å². The maximum atomic E-state index is 13.1. The molecule has 0 amide bonds. The Balaban J connectivity index is 3.51. The minimum atomic E-state index is -2.84. The SMILES string of the molecule is CCOC(=O)c1c(C#N)ccc(CBr)c1C(F)F. The Kier molecular flexibility index (Phi) is 5.23. The number of nitrogens with zero attached hydrogens (tertiary/aromatic N) is 1. The normalized spacial score (nSPS) is 10.2. The van der Waals surface area contributed by atoms with E-state index in [-0.39, 0.29) is 28.6 Å². The van der Waals surface area contributed by atoms with Crippen LogP contribution in [0.2, 0.25) is 0 Å². The molecule has 1 aromatic carbocycles. The first-order valence-corrected chi connectivity index (χ1v) is 6.26. The number of hydrogen-bond donors (Lipinski definition) is 0. The van der Waals surface area contributed by atoms with E-state index in [2.05, 4.69) is 15.9 Å². The third kappa shape index (κ3) is 2.85. The summed E-state index contributed by atoms with van der Waals surface area (Å²) in [5.74, 6) is -0.896. The van der Waals surface area contributed by atoms with Gasteiger partial charge in [0.05, 0.1) is 17.7 Å². The van der Waals surface area contributed by atoms with Crippen LogP contribution < -0.4 is 0 Å². The number of ether oxygens (including phenoxy) is 1. The highest BCUT2D eigenvalue weighted by Crippen LogP contribution is 2.31. The number of hydrogen-bond acceptors (Lipinski definition) is 3. The molecule has 0 unspecified atom stereocenters. The first kappa shape index (κ1) is 14.6. The largest absolute Gasteiger partial charge is 0.462 e. The number of alkyl halides is 3. The third-order valence-corrected chi connectivity index (χ3v) is 2.90. The Morgan fingerprint density at radius 3 is 2.67 bits per heavy atom. The molecular formula is C12H10BrF2NO2. The van der Waals surface area contributed by atoms with Gasteiger partial charge in [0, 0.05) is 10.9 Å². The standard InChI is InChI=1S/C12H10BrF2NO2/c1-2-18-12(17)10-8(6-16)4-3-7(5-13)9(10)11(14)15/h3-4,11H,2,5H2,1H3. The molecule has 0 aliphatic rings. The van der Waals surface area contributed by atoms with Crippen molar-refractivity contribution in [1.82, 2.24) is 0 Å². The van der Waals surface area contributed by atoms with E-state index in [0.717, 1.165) is 0 Å². The van der Waals surface area contributed by atoms with Gasteiger partial charge in [-0.25, -0.2) is 13.6 Å². The highest BCUT2D eigenvalue weighted by molar-refractivity contribution is 9.08. The second-order valence-electron chi connectivity index (χ2n) is 3.33. The molecule has 0 fully saturated rings. The van der Waals surface area contributed by atoms with Crippen molar-refractivity contribution in [2.24, 2.45) is 0 Å². The molecule has 0 saturated carbocycles. The number of benzene rings is 1. The van der Waals surface area contributed by atoms with E-state index in [0.29, 0.717) is 0 Å². The van der Waals surface area contributed by atoms with Crippen molar-refractivity contribution < 1.29 is 18.3 Å². The topological polar surface area (TPSA) is 50.1 Å². The van der Waals surface area contributed by atoms with Crippen LogP contribution in [0.25, 0.3) is 0 Å². The van der Waals surface area contributed by atoms with Crippen LogP contribution in [0.4, 0.5) is 8.78 Å². The molecule has 6 heteroatoms. The average Bonchev–Trinajstić information content (AvgIpc) is 2.36. The van der Waals surface area contributed by atoms with E-state index in [1.54, 1.807) is 13.0 Å². The molecule has 0 atom stereocenters. The molecule has 0 saturated heterocycles. The summed E-state index contributed by atoms with van der Waals surface area (Å²) >= 11 is 3.08. The number of rotatable bonds is 4. The van der Waals surface area contributed by atoms with E-state index in [1.807, 2.05) is 0 Å². The molecule has 1 aromatic rings. The summed E-state index contributed by atoms with van der Waals surface area (Å²) in [4.78, 5) is 11.7. The summed E-state index contributed by atoms with van der Waals surface area (Å²) < 4.78 is 30.8.